The van der Waals surface area contributed by atoms with Gasteiger partial charge in [0.05, 0.1) is 12.8 Å². The second kappa shape index (κ2) is 8.72. The van der Waals surface area contributed by atoms with Crippen molar-refractivity contribution in [1.82, 2.24) is 14.7 Å². The Kier molecular flexibility index (Phi) is 6.43. The van der Waals surface area contributed by atoms with Gasteiger partial charge in [0, 0.05) is 44.8 Å². The zero-order chi connectivity index (χ0) is 22.9. The lowest BCUT2D eigenvalue weighted by Gasteiger charge is -2.28. The molecule has 0 saturated carbocycles. The number of methoxy groups -OCH3 is 1. The number of carbonyl (C=O) groups is 2. The first kappa shape index (κ1) is 22.8. The Morgan fingerprint density at radius 2 is 2.06 bits per heavy atom. The standard InChI is InChI=1S/C22H31FN4O4/c1-7-26(21(29)31-22(2,3)4)11-14-8-9-27(12-14)17-10-16(23)18(20(28)30-6)19-15(17)13-25(5)24-19/h10,13-14H,7-9,11-12H2,1-6H3. The molecule has 31 heavy (non-hydrogen) atoms. The molecule has 9 heteroatoms. The lowest BCUT2D eigenvalue weighted by atomic mass is 10.1. The van der Waals surface area contributed by atoms with Gasteiger partial charge in [0.1, 0.15) is 22.5 Å². The molecule has 8 nitrogen and oxygen atoms in total. The van der Waals surface area contributed by atoms with Gasteiger partial charge in [-0.1, -0.05) is 0 Å². The van der Waals surface area contributed by atoms with Crippen LogP contribution in [-0.4, -0.2) is 65.6 Å². The Hall–Kier alpha value is -2.84. The number of anilines is 1. The molecule has 0 radical (unpaired) electrons. The summed E-state index contributed by atoms with van der Waals surface area (Å²) in [4.78, 5) is 28.3. The van der Waals surface area contributed by atoms with Gasteiger partial charge < -0.3 is 19.3 Å². The molecule has 1 fully saturated rings. The third-order valence-electron chi connectivity index (χ3n) is 5.37. The van der Waals surface area contributed by atoms with Crippen LogP contribution in [0.15, 0.2) is 12.3 Å². The maximum Gasteiger partial charge on any atom is 0.410 e. The zero-order valence-corrected chi connectivity index (χ0v) is 19.1. The van der Waals surface area contributed by atoms with E-state index in [-0.39, 0.29) is 23.1 Å². The molecule has 2 heterocycles. The average molecular weight is 435 g/mol. The van der Waals surface area contributed by atoms with E-state index in [4.69, 9.17) is 9.47 Å². The number of ether oxygens (including phenoxy) is 2. The lowest BCUT2D eigenvalue weighted by molar-refractivity contribution is 0.0236. The monoisotopic (exact) mass is 434 g/mol. The molecule has 1 amide bonds. The summed E-state index contributed by atoms with van der Waals surface area (Å²) in [7, 11) is 2.95. The highest BCUT2D eigenvalue weighted by Crippen LogP contribution is 2.34. The summed E-state index contributed by atoms with van der Waals surface area (Å²) in [5.41, 5.74) is 0.282. The van der Waals surface area contributed by atoms with E-state index >= 15 is 0 Å². The first-order chi connectivity index (χ1) is 14.5. The van der Waals surface area contributed by atoms with Gasteiger partial charge in [-0.15, -0.1) is 0 Å². The molecule has 1 atom stereocenters. The van der Waals surface area contributed by atoms with E-state index in [1.54, 1.807) is 22.8 Å². The molecule has 1 aromatic carbocycles. The van der Waals surface area contributed by atoms with Gasteiger partial charge >= 0.3 is 12.1 Å². The first-order valence-corrected chi connectivity index (χ1v) is 10.5. The molecule has 0 aliphatic carbocycles. The minimum absolute atomic E-state index is 0.153. The van der Waals surface area contributed by atoms with Crippen LogP contribution in [0, 0.1) is 11.7 Å². The molecule has 1 saturated heterocycles. The molecular weight excluding hydrogens is 403 g/mol. The minimum Gasteiger partial charge on any atom is -0.465 e. The highest BCUT2D eigenvalue weighted by molar-refractivity contribution is 6.07. The molecule has 2 aromatic rings. The van der Waals surface area contributed by atoms with Crippen LogP contribution in [0.2, 0.25) is 0 Å². The molecule has 0 spiro atoms. The van der Waals surface area contributed by atoms with Crippen molar-refractivity contribution in [3.8, 4) is 0 Å². The fourth-order valence-electron chi connectivity index (χ4n) is 3.97. The van der Waals surface area contributed by atoms with E-state index in [1.165, 1.54) is 13.2 Å². The molecule has 3 rings (SSSR count). The largest absolute Gasteiger partial charge is 0.465 e. The van der Waals surface area contributed by atoms with Crippen LogP contribution in [0.4, 0.5) is 14.9 Å². The van der Waals surface area contributed by atoms with Crippen LogP contribution in [0.1, 0.15) is 44.5 Å². The lowest BCUT2D eigenvalue weighted by Crippen LogP contribution is -2.40. The zero-order valence-electron chi connectivity index (χ0n) is 19.1. The number of rotatable bonds is 5. The SMILES string of the molecule is CCN(CC1CCN(c2cc(F)c(C(=O)OC)c3nn(C)cc23)C1)C(=O)OC(C)(C)C. The third kappa shape index (κ3) is 4.91. The fourth-order valence-corrected chi connectivity index (χ4v) is 3.97. The molecule has 170 valence electrons. The number of hydrogen-bond acceptors (Lipinski definition) is 6. The van der Waals surface area contributed by atoms with E-state index in [0.29, 0.717) is 30.7 Å². The second-order valence-electron chi connectivity index (χ2n) is 8.93. The maximum atomic E-state index is 14.9. The summed E-state index contributed by atoms with van der Waals surface area (Å²) in [6, 6.07) is 1.38. The summed E-state index contributed by atoms with van der Waals surface area (Å²) in [5.74, 6) is -1.18. The van der Waals surface area contributed by atoms with Crippen LogP contribution >= 0.6 is 0 Å². The minimum atomic E-state index is -0.747. The predicted octanol–water partition coefficient (Wildman–Crippen LogP) is 3.58. The van der Waals surface area contributed by atoms with Crippen LogP contribution in [-0.2, 0) is 16.5 Å². The van der Waals surface area contributed by atoms with Crippen molar-refractivity contribution in [1.29, 1.82) is 0 Å². The van der Waals surface area contributed by atoms with Crippen molar-refractivity contribution >= 4 is 28.7 Å². The first-order valence-electron chi connectivity index (χ1n) is 10.5. The molecule has 0 bridgehead atoms. The Labute approximate surface area is 181 Å². The number of amides is 1. The number of halogens is 1. The number of fused-ring (bicyclic) bond motifs is 1. The van der Waals surface area contributed by atoms with E-state index in [0.717, 1.165) is 13.0 Å². The van der Waals surface area contributed by atoms with Crippen molar-refractivity contribution in [2.45, 2.75) is 39.7 Å². The number of hydrogen-bond donors (Lipinski definition) is 0. The number of esters is 1. The number of aromatic nitrogens is 2. The Morgan fingerprint density at radius 3 is 2.68 bits per heavy atom. The molecule has 1 aliphatic heterocycles. The van der Waals surface area contributed by atoms with Crippen LogP contribution < -0.4 is 4.90 Å². The molecular formula is C22H31FN4O4. The quantitative estimate of drug-likeness (QED) is 0.670. The molecule has 1 aliphatic rings. The molecule has 0 N–H and O–H groups in total. The van der Waals surface area contributed by atoms with Crippen LogP contribution in [0.5, 0.6) is 0 Å². The maximum absolute atomic E-state index is 14.9. The third-order valence-corrected chi connectivity index (χ3v) is 5.37. The van der Waals surface area contributed by atoms with Crippen molar-refractivity contribution < 1.29 is 23.5 Å². The van der Waals surface area contributed by atoms with Crippen molar-refractivity contribution in [3.63, 3.8) is 0 Å². The van der Waals surface area contributed by atoms with Crippen LogP contribution in [0.25, 0.3) is 10.9 Å². The number of carbonyl (C=O) groups excluding carboxylic acids is 2. The second-order valence-corrected chi connectivity index (χ2v) is 8.93. The topological polar surface area (TPSA) is 76.9 Å². The summed E-state index contributed by atoms with van der Waals surface area (Å²) >= 11 is 0. The van der Waals surface area contributed by atoms with Gasteiger partial charge in [-0.25, -0.2) is 14.0 Å². The predicted molar refractivity (Wildman–Crippen MR) is 116 cm³/mol. The summed E-state index contributed by atoms with van der Waals surface area (Å²) in [6.07, 6.45) is 2.32. The van der Waals surface area contributed by atoms with Gasteiger partial charge in [0.2, 0.25) is 0 Å². The van der Waals surface area contributed by atoms with Crippen molar-refractivity contribution in [3.05, 3.63) is 23.6 Å². The molecule has 1 unspecified atom stereocenters. The number of benzene rings is 1. The van der Waals surface area contributed by atoms with Crippen molar-refractivity contribution in [2.24, 2.45) is 13.0 Å². The smallest absolute Gasteiger partial charge is 0.410 e. The van der Waals surface area contributed by atoms with Gasteiger partial charge in [-0.05, 0) is 46.1 Å². The van der Waals surface area contributed by atoms with Gasteiger partial charge in [0.15, 0.2) is 0 Å². The van der Waals surface area contributed by atoms with Crippen molar-refractivity contribution in [2.75, 3.05) is 38.2 Å². The van der Waals surface area contributed by atoms with Gasteiger partial charge in [-0.3, -0.25) is 4.68 Å². The number of nitrogens with zero attached hydrogens (tertiary/aromatic N) is 4. The highest BCUT2D eigenvalue weighted by atomic mass is 19.1. The summed E-state index contributed by atoms with van der Waals surface area (Å²) in [6.45, 7) is 9.99. The molecule has 1 aromatic heterocycles. The van der Waals surface area contributed by atoms with E-state index in [2.05, 4.69) is 10.00 Å². The van der Waals surface area contributed by atoms with E-state index in [9.17, 15) is 14.0 Å². The average Bonchev–Trinajstić information content (AvgIpc) is 3.29. The van der Waals surface area contributed by atoms with Crippen LogP contribution in [0.3, 0.4) is 0 Å². The normalized spacial score (nSPS) is 16.6. The fraction of sp³-hybridized carbons (Fsp3) is 0.591. The van der Waals surface area contributed by atoms with Gasteiger partial charge in [-0.2, -0.15) is 5.10 Å². The Morgan fingerprint density at radius 1 is 1.35 bits per heavy atom. The Balaban J connectivity index is 1.81. The Bertz CT molecular complexity index is 982. The highest BCUT2D eigenvalue weighted by Gasteiger charge is 2.31. The van der Waals surface area contributed by atoms with E-state index < -0.39 is 17.4 Å². The summed E-state index contributed by atoms with van der Waals surface area (Å²) in [5, 5.41) is 4.99. The van der Waals surface area contributed by atoms with Gasteiger partial charge in [0.25, 0.3) is 0 Å². The van der Waals surface area contributed by atoms with E-state index in [1.807, 2.05) is 27.7 Å². The summed E-state index contributed by atoms with van der Waals surface area (Å²) < 4.78 is 26.7. The number of aryl methyl sites for hydroxylation is 1.